The molecule has 174 valence electrons. The average Bonchev–Trinajstić information content (AvgIpc) is 3.06. The average molecular weight is 496 g/mol. The number of aryl methyl sites for hydroxylation is 1. The number of halogens is 2. The standard InChI is InChI=1S/C27H23Cl2NO4/c1-15(2)34-21-6-4-5-18(13-21)25(31)23-24(17-8-10-19(28)11-9-17)30(27(33)26(23)32)20-12-7-16(3)22(29)14-20/h4-15,24,31H,1-3H3/b25-23+. The first-order chi connectivity index (χ1) is 16.2. The molecule has 34 heavy (non-hydrogen) atoms. The normalized spacial score (nSPS) is 17.5. The summed E-state index contributed by atoms with van der Waals surface area (Å²) in [5.74, 6) is -1.28. The Morgan fingerprint density at radius 3 is 2.35 bits per heavy atom. The molecule has 1 fully saturated rings. The molecule has 5 nitrogen and oxygen atoms in total. The lowest BCUT2D eigenvalue weighted by atomic mass is 9.95. The minimum absolute atomic E-state index is 0.0225. The van der Waals surface area contributed by atoms with Crippen LogP contribution in [-0.4, -0.2) is 22.9 Å². The minimum Gasteiger partial charge on any atom is -0.507 e. The zero-order valence-corrected chi connectivity index (χ0v) is 20.4. The Kier molecular flexibility index (Phi) is 6.69. The molecule has 0 aliphatic carbocycles. The summed E-state index contributed by atoms with van der Waals surface area (Å²) in [6.45, 7) is 5.64. The van der Waals surface area contributed by atoms with Crippen molar-refractivity contribution in [2.45, 2.75) is 32.9 Å². The maximum atomic E-state index is 13.3. The minimum atomic E-state index is -0.870. The lowest BCUT2D eigenvalue weighted by molar-refractivity contribution is -0.132. The Morgan fingerprint density at radius 2 is 1.71 bits per heavy atom. The summed E-state index contributed by atoms with van der Waals surface area (Å²) in [5, 5.41) is 12.3. The van der Waals surface area contributed by atoms with Gasteiger partial charge in [0, 0.05) is 21.3 Å². The van der Waals surface area contributed by atoms with Crippen LogP contribution in [-0.2, 0) is 9.59 Å². The number of carbonyl (C=O) groups excluding carboxylic acids is 2. The molecule has 0 radical (unpaired) electrons. The predicted molar refractivity (Wildman–Crippen MR) is 135 cm³/mol. The monoisotopic (exact) mass is 495 g/mol. The summed E-state index contributed by atoms with van der Waals surface area (Å²) in [6, 6.07) is 17.9. The van der Waals surface area contributed by atoms with Crippen molar-refractivity contribution >= 4 is 46.3 Å². The van der Waals surface area contributed by atoms with E-state index in [9.17, 15) is 14.7 Å². The Bertz CT molecular complexity index is 1300. The molecule has 1 aliphatic heterocycles. The number of rotatable bonds is 5. The molecule has 3 aromatic rings. The number of carbonyl (C=O) groups is 2. The smallest absolute Gasteiger partial charge is 0.300 e. The van der Waals surface area contributed by atoms with E-state index in [0.29, 0.717) is 32.6 Å². The highest BCUT2D eigenvalue weighted by molar-refractivity contribution is 6.51. The van der Waals surface area contributed by atoms with Crippen LogP contribution in [0.3, 0.4) is 0 Å². The summed E-state index contributed by atoms with van der Waals surface area (Å²) in [4.78, 5) is 27.9. The van der Waals surface area contributed by atoms with Crippen molar-refractivity contribution in [3.63, 3.8) is 0 Å². The number of amides is 1. The number of anilines is 1. The van der Waals surface area contributed by atoms with E-state index in [1.54, 1.807) is 66.7 Å². The number of aliphatic hydroxyl groups is 1. The molecule has 3 aromatic carbocycles. The molecule has 0 spiro atoms. The highest BCUT2D eigenvalue weighted by Gasteiger charge is 2.47. The van der Waals surface area contributed by atoms with E-state index in [4.69, 9.17) is 27.9 Å². The Balaban J connectivity index is 1.91. The van der Waals surface area contributed by atoms with Crippen LogP contribution in [0.2, 0.25) is 10.0 Å². The van der Waals surface area contributed by atoms with Crippen molar-refractivity contribution in [1.29, 1.82) is 0 Å². The van der Waals surface area contributed by atoms with Gasteiger partial charge in [0.2, 0.25) is 0 Å². The number of nitrogens with zero attached hydrogens (tertiary/aromatic N) is 1. The molecule has 0 aromatic heterocycles. The summed E-state index contributed by atoms with van der Waals surface area (Å²) in [6.07, 6.45) is -0.0664. The van der Waals surface area contributed by atoms with E-state index in [-0.39, 0.29) is 17.4 Å². The zero-order valence-electron chi connectivity index (χ0n) is 18.9. The fraction of sp³-hybridized carbons (Fsp3) is 0.185. The van der Waals surface area contributed by atoms with Gasteiger partial charge in [0.15, 0.2) is 0 Å². The van der Waals surface area contributed by atoms with Crippen molar-refractivity contribution in [2.75, 3.05) is 4.90 Å². The number of hydrogen-bond donors (Lipinski definition) is 1. The van der Waals surface area contributed by atoms with Gasteiger partial charge in [-0.25, -0.2) is 0 Å². The third-order valence-corrected chi connectivity index (χ3v) is 6.20. The second-order valence-corrected chi connectivity index (χ2v) is 9.19. The molecule has 1 heterocycles. The van der Waals surface area contributed by atoms with Crippen LogP contribution >= 0.6 is 23.2 Å². The maximum absolute atomic E-state index is 13.3. The third kappa shape index (κ3) is 4.54. The van der Waals surface area contributed by atoms with E-state index >= 15 is 0 Å². The van der Waals surface area contributed by atoms with Crippen LogP contribution in [0.4, 0.5) is 5.69 Å². The molecule has 1 aliphatic rings. The van der Waals surface area contributed by atoms with Gasteiger partial charge >= 0.3 is 0 Å². The lowest BCUT2D eigenvalue weighted by Crippen LogP contribution is -2.29. The van der Waals surface area contributed by atoms with Crippen LogP contribution in [0.1, 0.15) is 36.6 Å². The van der Waals surface area contributed by atoms with Crippen LogP contribution in [0.25, 0.3) is 5.76 Å². The first-order valence-corrected chi connectivity index (χ1v) is 11.5. The first kappa shape index (κ1) is 23.9. The molecular formula is C27H23Cl2NO4. The van der Waals surface area contributed by atoms with Gasteiger partial charge in [0.1, 0.15) is 11.5 Å². The summed E-state index contributed by atoms with van der Waals surface area (Å²) >= 11 is 12.4. The third-order valence-electron chi connectivity index (χ3n) is 5.54. The number of hydrogen-bond acceptors (Lipinski definition) is 4. The van der Waals surface area contributed by atoms with Gasteiger partial charge in [0.05, 0.1) is 17.7 Å². The van der Waals surface area contributed by atoms with E-state index < -0.39 is 17.7 Å². The molecule has 0 bridgehead atoms. The van der Waals surface area contributed by atoms with Crippen molar-refractivity contribution in [2.24, 2.45) is 0 Å². The summed E-state index contributed by atoms with van der Waals surface area (Å²) in [7, 11) is 0. The number of ketones is 1. The van der Waals surface area contributed by atoms with E-state index in [0.717, 1.165) is 5.56 Å². The quantitative estimate of drug-likeness (QED) is 0.242. The molecule has 0 saturated carbocycles. The Labute approximate surface area is 208 Å². The largest absolute Gasteiger partial charge is 0.507 e. The fourth-order valence-electron chi connectivity index (χ4n) is 3.94. The molecule has 1 amide bonds. The molecular weight excluding hydrogens is 473 g/mol. The number of aliphatic hydroxyl groups excluding tert-OH is 1. The molecule has 1 saturated heterocycles. The second-order valence-electron chi connectivity index (χ2n) is 8.35. The molecule has 1 N–H and O–H groups in total. The fourth-order valence-corrected chi connectivity index (χ4v) is 4.24. The van der Waals surface area contributed by atoms with Gasteiger partial charge in [0.25, 0.3) is 11.7 Å². The topological polar surface area (TPSA) is 66.8 Å². The van der Waals surface area contributed by atoms with Crippen molar-refractivity contribution < 1.29 is 19.4 Å². The molecule has 7 heteroatoms. The van der Waals surface area contributed by atoms with Gasteiger partial charge in [-0.05, 0) is 68.3 Å². The second kappa shape index (κ2) is 9.53. The van der Waals surface area contributed by atoms with Crippen LogP contribution in [0.5, 0.6) is 5.75 Å². The van der Waals surface area contributed by atoms with Gasteiger partial charge in [-0.15, -0.1) is 0 Å². The van der Waals surface area contributed by atoms with E-state index in [1.165, 1.54) is 4.90 Å². The van der Waals surface area contributed by atoms with Crippen LogP contribution in [0.15, 0.2) is 72.3 Å². The van der Waals surface area contributed by atoms with Gasteiger partial charge < -0.3 is 9.84 Å². The number of benzene rings is 3. The maximum Gasteiger partial charge on any atom is 0.300 e. The summed E-state index contributed by atoms with van der Waals surface area (Å²) < 4.78 is 5.73. The van der Waals surface area contributed by atoms with Crippen LogP contribution in [0, 0.1) is 6.92 Å². The Hall–Kier alpha value is -3.28. The van der Waals surface area contributed by atoms with Gasteiger partial charge in [-0.3, -0.25) is 14.5 Å². The molecule has 4 rings (SSSR count). The predicted octanol–water partition coefficient (Wildman–Crippen LogP) is 6.72. The number of Topliss-reactive ketones (excluding diaryl/α,β-unsaturated/α-hetero) is 1. The van der Waals surface area contributed by atoms with Crippen molar-refractivity contribution in [3.05, 3.63) is 99.0 Å². The highest BCUT2D eigenvalue weighted by Crippen LogP contribution is 2.43. The van der Waals surface area contributed by atoms with E-state index in [1.807, 2.05) is 20.8 Å². The van der Waals surface area contributed by atoms with Gasteiger partial charge in [-0.1, -0.05) is 53.5 Å². The first-order valence-electron chi connectivity index (χ1n) is 10.8. The molecule has 1 unspecified atom stereocenters. The SMILES string of the molecule is Cc1ccc(N2C(=O)C(=O)/C(=C(/O)c3cccc(OC(C)C)c3)C2c2ccc(Cl)cc2)cc1Cl. The van der Waals surface area contributed by atoms with Gasteiger partial charge in [-0.2, -0.15) is 0 Å². The number of ether oxygens (including phenoxy) is 1. The zero-order chi connectivity index (χ0) is 24.6. The molecule has 1 atom stereocenters. The lowest BCUT2D eigenvalue weighted by Gasteiger charge is -2.26. The van der Waals surface area contributed by atoms with Crippen molar-refractivity contribution in [1.82, 2.24) is 0 Å². The van der Waals surface area contributed by atoms with E-state index in [2.05, 4.69) is 0 Å². The van der Waals surface area contributed by atoms with Crippen LogP contribution < -0.4 is 9.64 Å². The van der Waals surface area contributed by atoms with Crippen molar-refractivity contribution in [3.8, 4) is 5.75 Å². The Morgan fingerprint density at radius 1 is 1.00 bits per heavy atom. The summed E-state index contributed by atoms with van der Waals surface area (Å²) in [5.41, 5.74) is 2.26. The highest BCUT2D eigenvalue weighted by atomic mass is 35.5.